The van der Waals surface area contributed by atoms with Gasteiger partial charge >= 0.3 is 6.40 Å². The van der Waals surface area contributed by atoms with Crippen molar-refractivity contribution in [3.8, 4) is 0 Å². The zero-order valence-corrected chi connectivity index (χ0v) is 4.84. The van der Waals surface area contributed by atoms with Gasteiger partial charge in [0, 0.05) is 0 Å². The van der Waals surface area contributed by atoms with E-state index < -0.39 is 0 Å². The Morgan fingerprint density at radius 1 is 1.88 bits per heavy atom. The summed E-state index contributed by atoms with van der Waals surface area (Å²) in [7, 11) is 0. The molecule has 0 N–H and O–H groups in total. The Labute approximate surface area is 49.1 Å². The third kappa shape index (κ3) is 1.09. The molecule has 0 spiro atoms. The average Bonchev–Trinajstić information content (AvgIpc) is 2.19. The first-order valence-corrected chi connectivity index (χ1v) is 2.73. The van der Waals surface area contributed by atoms with E-state index in [1.54, 1.807) is 6.40 Å². The largest absolute Gasteiger partial charge is 0.444 e. The van der Waals surface area contributed by atoms with Crippen LogP contribution in [0, 0.1) is 0 Å². The van der Waals surface area contributed by atoms with Gasteiger partial charge < -0.3 is 4.74 Å². The summed E-state index contributed by atoms with van der Waals surface area (Å²) in [4.78, 5) is 0. The van der Waals surface area contributed by atoms with Gasteiger partial charge in [-0.25, -0.2) is 0 Å². The lowest BCUT2D eigenvalue weighted by Gasteiger charge is -1.83. The first kappa shape index (κ1) is 5.35. The Hall–Kier alpha value is -0.790. The predicted molar refractivity (Wildman–Crippen MR) is 32.2 cm³/mol. The van der Waals surface area contributed by atoms with Gasteiger partial charge in [-0.1, -0.05) is 6.58 Å². The van der Waals surface area contributed by atoms with Crippen molar-refractivity contribution >= 4 is 6.40 Å². The minimum Gasteiger partial charge on any atom is -0.444 e. The smallest absolute Gasteiger partial charge is 0.324 e. The minimum atomic E-state index is 0.827. The molecule has 1 aliphatic heterocycles. The summed E-state index contributed by atoms with van der Waals surface area (Å²) in [6.45, 7) is 6.34. The molecule has 0 saturated carbocycles. The molecule has 0 aliphatic carbocycles. The highest BCUT2D eigenvalue weighted by molar-refractivity contribution is 5.40. The molecule has 1 heterocycles. The second-order valence-corrected chi connectivity index (χ2v) is 1.76. The van der Waals surface area contributed by atoms with Crippen molar-refractivity contribution in [2.45, 2.75) is 0 Å². The lowest BCUT2D eigenvalue weighted by molar-refractivity contribution is -0.503. The van der Waals surface area contributed by atoms with E-state index >= 15 is 0 Å². The molecule has 1 rings (SSSR count). The molecule has 0 aromatic heterocycles. The highest BCUT2D eigenvalue weighted by atomic mass is 16.5. The Morgan fingerprint density at radius 3 is 3.25 bits per heavy atom. The van der Waals surface area contributed by atoms with E-state index in [1.807, 2.05) is 6.08 Å². The molecule has 0 fully saturated rings. The molecule has 0 amide bonds. The van der Waals surface area contributed by atoms with Gasteiger partial charge in [-0.3, -0.25) is 0 Å². The average molecular weight is 112 g/mol. The Kier molecular flexibility index (Phi) is 1.67. The van der Waals surface area contributed by atoms with Crippen LogP contribution in [0.15, 0.2) is 12.7 Å². The molecule has 44 valence electrons. The third-order valence-corrected chi connectivity index (χ3v) is 1.08. The molecule has 0 aromatic rings. The zero-order chi connectivity index (χ0) is 5.82. The van der Waals surface area contributed by atoms with Gasteiger partial charge in [0.2, 0.25) is 0 Å². The molecule has 8 heavy (non-hydrogen) atoms. The molecule has 0 aromatic carbocycles. The monoisotopic (exact) mass is 112 g/mol. The van der Waals surface area contributed by atoms with Crippen molar-refractivity contribution in [1.29, 1.82) is 0 Å². The molecular weight excluding hydrogens is 102 g/mol. The summed E-state index contributed by atoms with van der Waals surface area (Å²) in [5.74, 6) is 0. The molecule has 0 unspecified atom stereocenters. The van der Waals surface area contributed by atoms with Crippen LogP contribution < -0.4 is 0 Å². The maximum atomic E-state index is 4.96. The second kappa shape index (κ2) is 2.50. The number of hydrogen-bond acceptors (Lipinski definition) is 1. The van der Waals surface area contributed by atoms with Crippen LogP contribution in [0.25, 0.3) is 0 Å². The van der Waals surface area contributed by atoms with E-state index in [9.17, 15) is 0 Å². The first-order chi connectivity index (χ1) is 3.93. The van der Waals surface area contributed by atoms with Crippen LogP contribution in [0.4, 0.5) is 0 Å². The van der Waals surface area contributed by atoms with E-state index in [1.165, 1.54) is 0 Å². The number of rotatable bonds is 2. The van der Waals surface area contributed by atoms with Crippen molar-refractivity contribution in [3.63, 3.8) is 0 Å². The summed E-state index contributed by atoms with van der Waals surface area (Å²) in [5.41, 5.74) is 0. The normalized spacial score (nSPS) is 17.2. The van der Waals surface area contributed by atoms with Gasteiger partial charge in [0.05, 0.1) is 0 Å². The van der Waals surface area contributed by atoms with Crippen molar-refractivity contribution < 1.29 is 9.31 Å². The maximum Gasteiger partial charge on any atom is 0.324 e. The minimum absolute atomic E-state index is 0.827. The maximum absolute atomic E-state index is 4.96. The Bertz CT molecular complexity index is 118. The molecule has 0 radical (unpaired) electrons. The van der Waals surface area contributed by atoms with Crippen molar-refractivity contribution in [2.75, 3.05) is 19.7 Å². The van der Waals surface area contributed by atoms with E-state index in [-0.39, 0.29) is 0 Å². The number of hydrogen-bond donors (Lipinski definition) is 0. The van der Waals surface area contributed by atoms with Gasteiger partial charge in [0.25, 0.3) is 0 Å². The highest BCUT2D eigenvalue weighted by Gasteiger charge is 2.07. The van der Waals surface area contributed by atoms with Crippen molar-refractivity contribution in [3.05, 3.63) is 12.7 Å². The second-order valence-electron chi connectivity index (χ2n) is 1.76. The van der Waals surface area contributed by atoms with E-state index in [2.05, 4.69) is 11.2 Å². The van der Waals surface area contributed by atoms with Gasteiger partial charge in [-0.2, -0.15) is 4.58 Å². The molecule has 2 heteroatoms. The third-order valence-electron chi connectivity index (χ3n) is 1.08. The van der Waals surface area contributed by atoms with Crippen LogP contribution in [0.1, 0.15) is 0 Å². The van der Waals surface area contributed by atoms with Crippen LogP contribution in [0.5, 0.6) is 0 Å². The lowest BCUT2D eigenvalue weighted by Crippen LogP contribution is -2.08. The number of nitrogens with zero attached hydrogens (tertiary/aromatic N) is 1. The predicted octanol–water partition coefficient (Wildman–Crippen LogP) is 0.243. The highest BCUT2D eigenvalue weighted by Crippen LogP contribution is 1.84. The molecule has 1 aliphatic rings. The van der Waals surface area contributed by atoms with Crippen molar-refractivity contribution in [1.82, 2.24) is 0 Å². The Balaban J connectivity index is 2.33. The van der Waals surface area contributed by atoms with E-state index in [0.29, 0.717) is 0 Å². The van der Waals surface area contributed by atoms with Crippen LogP contribution in [-0.2, 0) is 4.74 Å². The Morgan fingerprint density at radius 2 is 2.75 bits per heavy atom. The fraction of sp³-hybridized carbons (Fsp3) is 0.500. The molecule has 2 nitrogen and oxygen atoms in total. The van der Waals surface area contributed by atoms with Gasteiger partial charge in [0.15, 0.2) is 19.7 Å². The summed E-state index contributed by atoms with van der Waals surface area (Å²) in [5, 5.41) is 0. The van der Waals surface area contributed by atoms with Crippen molar-refractivity contribution in [2.24, 2.45) is 0 Å². The molecule has 0 atom stereocenters. The van der Waals surface area contributed by atoms with Gasteiger partial charge in [0.1, 0.15) is 0 Å². The van der Waals surface area contributed by atoms with Crippen LogP contribution >= 0.6 is 0 Å². The van der Waals surface area contributed by atoms with Gasteiger partial charge in [-0.05, 0) is 6.08 Å². The van der Waals surface area contributed by atoms with Gasteiger partial charge in [-0.15, -0.1) is 0 Å². The SMILES string of the molecule is C=CC[N+]1=COCC1. The molecular formula is C6H10NO+. The lowest BCUT2D eigenvalue weighted by atomic mass is 10.6. The quantitative estimate of drug-likeness (QED) is 0.368. The first-order valence-electron chi connectivity index (χ1n) is 2.73. The number of ether oxygens (including phenoxy) is 1. The fourth-order valence-corrected chi connectivity index (χ4v) is 0.681. The summed E-state index contributed by atoms with van der Waals surface area (Å²) >= 11 is 0. The summed E-state index contributed by atoms with van der Waals surface area (Å²) < 4.78 is 7.04. The standard InChI is InChI=1S/C6H10NO/c1-2-3-7-4-5-8-6-7/h2,6H,1,3-5H2/q+1. The molecule has 0 bridgehead atoms. The zero-order valence-electron chi connectivity index (χ0n) is 4.84. The molecule has 0 saturated heterocycles. The fourth-order valence-electron chi connectivity index (χ4n) is 0.681. The summed E-state index contributed by atoms with van der Waals surface area (Å²) in [6.07, 6.45) is 3.62. The van der Waals surface area contributed by atoms with Crippen LogP contribution in [-0.4, -0.2) is 30.7 Å². The van der Waals surface area contributed by atoms with E-state index in [0.717, 1.165) is 19.7 Å². The summed E-state index contributed by atoms with van der Waals surface area (Å²) in [6, 6.07) is 0. The van der Waals surface area contributed by atoms with E-state index in [4.69, 9.17) is 4.74 Å². The van der Waals surface area contributed by atoms with Crippen LogP contribution in [0.2, 0.25) is 0 Å². The van der Waals surface area contributed by atoms with Crippen LogP contribution in [0.3, 0.4) is 0 Å². The topological polar surface area (TPSA) is 12.2 Å².